The molecule has 0 fully saturated rings. The van der Waals surface area contributed by atoms with E-state index in [-0.39, 0.29) is 0 Å². The summed E-state index contributed by atoms with van der Waals surface area (Å²) in [6.45, 7) is 2.24. The number of para-hydroxylation sites is 1. The van der Waals surface area contributed by atoms with Gasteiger partial charge in [-0.25, -0.2) is 0 Å². The van der Waals surface area contributed by atoms with E-state index in [4.69, 9.17) is 9.47 Å². The van der Waals surface area contributed by atoms with E-state index in [1.54, 1.807) is 14.2 Å². The van der Waals surface area contributed by atoms with Crippen LogP contribution in [-0.2, 0) is 6.42 Å². The van der Waals surface area contributed by atoms with Gasteiger partial charge in [-0.3, -0.25) is 0 Å². The molecule has 0 N–H and O–H groups in total. The summed E-state index contributed by atoms with van der Waals surface area (Å²) in [5.41, 5.74) is 1.20. The molecule has 2 nitrogen and oxygen atoms in total. The van der Waals surface area contributed by atoms with E-state index < -0.39 is 0 Å². The third-order valence-electron chi connectivity index (χ3n) is 3.11. The first-order valence-electron chi connectivity index (χ1n) is 6.85. The molecule has 1 aromatic rings. The van der Waals surface area contributed by atoms with E-state index in [9.17, 15) is 0 Å². The minimum Gasteiger partial charge on any atom is -0.493 e. The van der Waals surface area contributed by atoms with Crippen LogP contribution < -0.4 is 9.47 Å². The fourth-order valence-electron chi connectivity index (χ4n) is 2.09. The van der Waals surface area contributed by atoms with Crippen LogP contribution in [0.25, 0.3) is 0 Å². The molecule has 2 heteroatoms. The van der Waals surface area contributed by atoms with Crippen LogP contribution in [0.1, 0.15) is 44.6 Å². The molecular formula is C16H25O2. The van der Waals surface area contributed by atoms with Crippen molar-refractivity contribution in [1.82, 2.24) is 0 Å². The van der Waals surface area contributed by atoms with Gasteiger partial charge in [0, 0.05) is 0 Å². The van der Waals surface area contributed by atoms with Crippen molar-refractivity contribution in [1.29, 1.82) is 0 Å². The fraction of sp³-hybridized carbons (Fsp3) is 0.562. The van der Waals surface area contributed by atoms with Gasteiger partial charge in [0.15, 0.2) is 11.5 Å². The maximum absolute atomic E-state index is 5.42. The minimum absolute atomic E-state index is 0.814. The molecule has 0 heterocycles. The molecular weight excluding hydrogens is 224 g/mol. The molecule has 0 saturated heterocycles. The maximum atomic E-state index is 5.42. The summed E-state index contributed by atoms with van der Waals surface area (Å²) in [6, 6.07) is 6.05. The lowest BCUT2D eigenvalue weighted by molar-refractivity contribution is 0.352. The zero-order valence-corrected chi connectivity index (χ0v) is 11.9. The Kier molecular flexibility index (Phi) is 7.31. The number of ether oxygens (including phenoxy) is 2. The SMILES string of the molecule is CCCCCC[CH]Cc1cccc(OC)c1OC. The van der Waals surface area contributed by atoms with Crippen molar-refractivity contribution >= 4 is 0 Å². The number of unbranched alkanes of at least 4 members (excludes halogenated alkanes) is 5. The molecule has 101 valence electrons. The smallest absolute Gasteiger partial charge is 0.163 e. The highest BCUT2D eigenvalue weighted by Gasteiger charge is 2.08. The van der Waals surface area contributed by atoms with Crippen LogP contribution in [0.4, 0.5) is 0 Å². The Labute approximate surface area is 111 Å². The van der Waals surface area contributed by atoms with Crippen LogP contribution in [0.3, 0.4) is 0 Å². The molecule has 1 aromatic carbocycles. The van der Waals surface area contributed by atoms with Crippen LogP contribution in [0.2, 0.25) is 0 Å². The third-order valence-corrected chi connectivity index (χ3v) is 3.11. The summed E-state index contributed by atoms with van der Waals surface area (Å²) in [5, 5.41) is 0. The van der Waals surface area contributed by atoms with Crippen LogP contribution in [-0.4, -0.2) is 14.2 Å². The lowest BCUT2D eigenvalue weighted by Crippen LogP contribution is -1.96. The zero-order chi connectivity index (χ0) is 13.2. The first-order valence-corrected chi connectivity index (χ1v) is 6.85. The molecule has 0 atom stereocenters. The van der Waals surface area contributed by atoms with Crippen LogP contribution in [0.5, 0.6) is 11.5 Å². The molecule has 0 aliphatic heterocycles. The van der Waals surface area contributed by atoms with Crippen molar-refractivity contribution in [2.24, 2.45) is 0 Å². The number of hydrogen-bond acceptors (Lipinski definition) is 2. The fourth-order valence-corrected chi connectivity index (χ4v) is 2.09. The summed E-state index contributed by atoms with van der Waals surface area (Å²) in [7, 11) is 3.37. The van der Waals surface area contributed by atoms with Crippen LogP contribution in [0, 0.1) is 6.42 Å². The van der Waals surface area contributed by atoms with Gasteiger partial charge in [-0.15, -0.1) is 0 Å². The quantitative estimate of drug-likeness (QED) is 0.603. The van der Waals surface area contributed by atoms with Crippen molar-refractivity contribution in [3.8, 4) is 11.5 Å². The Hall–Kier alpha value is -1.18. The van der Waals surface area contributed by atoms with E-state index in [0.29, 0.717) is 0 Å². The van der Waals surface area contributed by atoms with Gasteiger partial charge in [0.05, 0.1) is 14.2 Å². The highest BCUT2D eigenvalue weighted by atomic mass is 16.5. The van der Waals surface area contributed by atoms with Gasteiger partial charge in [-0.05, 0) is 30.9 Å². The Morgan fingerprint density at radius 2 is 1.89 bits per heavy atom. The molecule has 0 aromatic heterocycles. The molecule has 0 saturated carbocycles. The topological polar surface area (TPSA) is 18.5 Å². The van der Waals surface area contributed by atoms with Gasteiger partial charge in [-0.1, -0.05) is 44.7 Å². The van der Waals surface area contributed by atoms with E-state index >= 15 is 0 Å². The Balaban J connectivity index is 2.41. The zero-order valence-electron chi connectivity index (χ0n) is 11.9. The monoisotopic (exact) mass is 249 g/mol. The summed E-state index contributed by atoms with van der Waals surface area (Å²) >= 11 is 0. The van der Waals surface area contributed by atoms with Crippen LogP contribution >= 0.6 is 0 Å². The standard InChI is InChI=1S/C16H25O2/c1-4-5-6-7-8-9-11-14-12-10-13-15(17-2)16(14)18-3/h9-10,12-13H,4-8,11H2,1-3H3. The summed E-state index contributed by atoms with van der Waals surface area (Å²) in [5.74, 6) is 1.68. The number of methoxy groups -OCH3 is 2. The van der Waals surface area contributed by atoms with Crippen molar-refractivity contribution in [2.75, 3.05) is 14.2 Å². The second kappa shape index (κ2) is 8.84. The van der Waals surface area contributed by atoms with Gasteiger partial charge in [0.1, 0.15) is 0 Å². The normalized spacial score (nSPS) is 10.4. The second-order valence-electron chi connectivity index (χ2n) is 4.49. The first-order chi connectivity index (χ1) is 8.83. The van der Waals surface area contributed by atoms with Gasteiger partial charge >= 0.3 is 0 Å². The van der Waals surface area contributed by atoms with E-state index in [0.717, 1.165) is 17.9 Å². The number of rotatable bonds is 9. The lowest BCUT2D eigenvalue weighted by atomic mass is 10.0. The second-order valence-corrected chi connectivity index (χ2v) is 4.49. The first kappa shape index (κ1) is 14.9. The molecule has 0 unspecified atom stereocenters. The molecule has 0 bridgehead atoms. The Morgan fingerprint density at radius 1 is 1.06 bits per heavy atom. The summed E-state index contributed by atoms with van der Waals surface area (Å²) in [4.78, 5) is 0. The lowest BCUT2D eigenvalue weighted by Gasteiger charge is -2.12. The van der Waals surface area contributed by atoms with Gasteiger partial charge in [0.2, 0.25) is 0 Å². The maximum Gasteiger partial charge on any atom is 0.163 e. The Bertz CT molecular complexity index is 334. The average molecular weight is 249 g/mol. The molecule has 18 heavy (non-hydrogen) atoms. The number of benzene rings is 1. The van der Waals surface area contributed by atoms with Crippen molar-refractivity contribution < 1.29 is 9.47 Å². The minimum atomic E-state index is 0.814. The highest BCUT2D eigenvalue weighted by Crippen LogP contribution is 2.31. The molecule has 0 spiro atoms. The summed E-state index contributed by atoms with van der Waals surface area (Å²) < 4.78 is 10.7. The van der Waals surface area contributed by atoms with E-state index in [2.05, 4.69) is 19.4 Å². The van der Waals surface area contributed by atoms with Crippen LogP contribution in [0.15, 0.2) is 18.2 Å². The Morgan fingerprint density at radius 3 is 2.56 bits per heavy atom. The van der Waals surface area contributed by atoms with E-state index in [1.807, 2.05) is 12.1 Å². The van der Waals surface area contributed by atoms with Gasteiger partial charge < -0.3 is 9.47 Å². The molecule has 0 amide bonds. The van der Waals surface area contributed by atoms with Crippen molar-refractivity contribution in [3.63, 3.8) is 0 Å². The summed E-state index contributed by atoms with van der Waals surface area (Å²) in [6.07, 6.45) is 9.74. The molecule has 0 aliphatic rings. The predicted molar refractivity (Wildman–Crippen MR) is 76.3 cm³/mol. The van der Waals surface area contributed by atoms with Gasteiger partial charge in [0.25, 0.3) is 0 Å². The molecule has 1 rings (SSSR count). The largest absolute Gasteiger partial charge is 0.493 e. The number of hydrogen-bond donors (Lipinski definition) is 0. The van der Waals surface area contributed by atoms with Gasteiger partial charge in [-0.2, -0.15) is 0 Å². The highest BCUT2D eigenvalue weighted by molar-refractivity contribution is 5.47. The van der Waals surface area contributed by atoms with E-state index in [1.165, 1.54) is 37.7 Å². The third kappa shape index (κ3) is 4.59. The van der Waals surface area contributed by atoms with Crippen molar-refractivity contribution in [2.45, 2.75) is 45.4 Å². The predicted octanol–water partition coefficient (Wildman–Crippen LogP) is 4.42. The molecule has 1 radical (unpaired) electrons. The van der Waals surface area contributed by atoms with Crippen molar-refractivity contribution in [3.05, 3.63) is 30.2 Å². The average Bonchev–Trinajstić information content (AvgIpc) is 2.42. The molecule has 0 aliphatic carbocycles.